The largest absolute Gasteiger partial charge is 0.497 e. The van der Waals surface area contributed by atoms with Gasteiger partial charge in [0.15, 0.2) is 16.7 Å². The van der Waals surface area contributed by atoms with Crippen LogP contribution >= 0.6 is 27.7 Å². The molecule has 4 aromatic rings. The number of Topliss-reactive ketones (excluding diaryl/α,β-unsaturated/α-hetero) is 1. The van der Waals surface area contributed by atoms with Crippen molar-refractivity contribution in [3.8, 4) is 23.0 Å². The highest BCUT2D eigenvalue weighted by Crippen LogP contribution is 2.30. The fourth-order valence-corrected chi connectivity index (χ4v) is 4.13. The minimum atomic E-state index is 0.00584. The van der Waals surface area contributed by atoms with Crippen LogP contribution < -0.4 is 4.74 Å². The summed E-state index contributed by atoms with van der Waals surface area (Å²) in [6.07, 6.45) is 1.59. The average molecular weight is 470 g/mol. The van der Waals surface area contributed by atoms with Crippen molar-refractivity contribution in [2.75, 3.05) is 12.9 Å². The van der Waals surface area contributed by atoms with E-state index in [1.807, 2.05) is 53.1 Å². The van der Waals surface area contributed by atoms with Crippen LogP contribution in [0.1, 0.15) is 10.4 Å². The van der Waals surface area contributed by atoms with Gasteiger partial charge in [-0.1, -0.05) is 45.9 Å². The Balaban J connectivity index is 1.66. The highest BCUT2D eigenvalue weighted by atomic mass is 79.9. The van der Waals surface area contributed by atoms with Crippen molar-refractivity contribution in [2.24, 2.45) is 0 Å². The first-order valence-corrected chi connectivity index (χ1v) is 10.5. The van der Waals surface area contributed by atoms with E-state index in [0.717, 1.165) is 15.9 Å². The third-order valence-electron chi connectivity index (χ3n) is 4.21. The first-order valence-electron chi connectivity index (χ1n) is 8.71. The predicted molar refractivity (Wildman–Crippen MR) is 115 cm³/mol. The van der Waals surface area contributed by atoms with Crippen LogP contribution in [-0.4, -0.2) is 33.4 Å². The number of halogens is 1. The summed E-state index contributed by atoms with van der Waals surface area (Å²) in [5.74, 6) is 2.15. The number of aromatic nitrogens is 3. The van der Waals surface area contributed by atoms with Gasteiger partial charge in [-0.05, 0) is 42.5 Å². The van der Waals surface area contributed by atoms with Crippen LogP contribution in [-0.2, 0) is 0 Å². The third-order valence-corrected chi connectivity index (χ3v) is 5.83. The van der Waals surface area contributed by atoms with E-state index in [0.29, 0.717) is 22.3 Å². The summed E-state index contributed by atoms with van der Waals surface area (Å²) in [5, 5.41) is 9.19. The first-order chi connectivity index (χ1) is 14.2. The third kappa shape index (κ3) is 4.13. The smallest absolute Gasteiger partial charge is 0.205 e. The zero-order valence-corrected chi connectivity index (χ0v) is 17.8. The Bertz CT molecular complexity index is 1120. The van der Waals surface area contributed by atoms with Crippen molar-refractivity contribution in [1.82, 2.24) is 14.8 Å². The fraction of sp³-hybridized carbons (Fsp3) is 0.0952. The molecule has 0 aliphatic rings. The summed E-state index contributed by atoms with van der Waals surface area (Å²) in [4.78, 5) is 12.7. The Morgan fingerprint density at radius 2 is 1.90 bits per heavy atom. The summed E-state index contributed by atoms with van der Waals surface area (Å²) in [7, 11) is 1.62. The second kappa shape index (κ2) is 8.67. The van der Waals surface area contributed by atoms with Gasteiger partial charge in [0.2, 0.25) is 5.82 Å². The van der Waals surface area contributed by atoms with E-state index in [1.165, 1.54) is 11.8 Å². The van der Waals surface area contributed by atoms with Gasteiger partial charge in [-0.15, -0.1) is 10.2 Å². The number of hydrogen-bond acceptors (Lipinski definition) is 6. The van der Waals surface area contributed by atoms with Gasteiger partial charge in [-0.2, -0.15) is 0 Å². The highest BCUT2D eigenvalue weighted by Gasteiger charge is 2.20. The lowest BCUT2D eigenvalue weighted by Gasteiger charge is -2.10. The van der Waals surface area contributed by atoms with Gasteiger partial charge in [0.25, 0.3) is 0 Å². The van der Waals surface area contributed by atoms with Crippen LogP contribution in [0, 0.1) is 0 Å². The molecule has 2 aromatic carbocycles. The predicted octanol–water partition coefficient (Wildman–Crippen LogP) is 5.27. The maximum absolute atomic E-state index is 12.7. The van der Waals surface area contributed by atoms with Gasteiger partial charge in [0.1, 0.15) is 5.75 Å². The lowest BCUT2D eigenvalue weighted by atomic mass is 10.1. The summed E-state index contributed by atoms with van der Waals surface area (Å²) >= 11 is 4.76. The molecular weight excluding hydrogens is 454 g/mol. The summed E-state index contributed by atoms with van der Waals surface area (Å²) < 4.78 is 13.4. The van der Waals surface area contributed by atoms with Crippen molar-refractivity contribution in [1.29, 1.82) is 0 Å². The van der Waals surface area contributed by atoms with E-state index >= 15 is 0 Å². The average Bonchev–Trinajstić information content (AvgIpc) is 3.42. The van der Waals surface area contributed by atoms with Gasteiger partial charge in [0, 0.05) is 10.0 Å². The normalized spacial score (nSPS) is 10.8. The van der Waals surface area contributed by atoms with Gasteiger partial charge in [-0.25, -0.2) is 0 Å². The molecule has 0 fully saturated rings. The molecule has 0 radical (unpaired) electrons. The van der Waals surface area contributed by atoms with Crippen LogP contribution in [0.5, 0.6) is 5.75 Å². The summed E-state index contributed by atoms with van der Waals surface area (Å²) in [5.41, 5.74) is 1.49. The van der Waals surface area contributed by atoms with Crippen LogP contribution in [0.3, 0.4) is 0 Å². The van der Waals surface area contributed by atoms with Crippen LogP contribution in [0.15, 0.2) is 81.0 Å². The molecule has 0 amide bonds. The first kappa shape index (κ1) is 19.5. The zero-order chi connectivity index (χ0) is 20.2. The molecule has 6 nitrogen and oxygen atoms in total. The molecule has 29 heavy (non-hydrogen) atoms. The van der Waals surface area contributed by atoms with Gasteiger partial charge >= 0.3 is 0 Å². The van der Waals surface area contributed by atoms with E-state index in [-0.39, 0.29) is 11.5 Å². The Hall–Kier alpha value is -2.84. The number of methoxy groups -OCH3 is 1. The minimum absolute atomic E-state index is 0.00584. The number of carbonyl (C=O) groups excluding carboxylic acids is 1. The van der Waals surface area contributed by atoms with Gasteiger partial charge in [0.05, 0.1) is 24.8 Å². The van der Waals surface area contributed by atoms with Crippen molar-refractivity contribution in [3.05, 3.63) is 77.0 Å². The van der Waals surface area contributed by atoms with Crippen LogP contribution in [0.2, 0.25) is 0 Å². The molecular formula is C21H16BrN3O3S. The number of hydrogen-bond donors (Lipinski definition) is 0. The Morgan fingerprint density at radius 1 is 1.10 bits per heavy atom. The summed E-state index contributed by atoms with van der Waals surface area (Å²) in [6, 6.07) is 18.5. The van der Waals surface area contributed by atoms with E-state index < -0.39 is 0 Å². The number of nitrogens with zero attached hydrogens (tertiary/aromatic N) is 3. The van der Waals surface area contributed by atoms with Crippen LogP contribution in [0.4, 0.5) is 0 Å². The Kier molecular flexibility index (Phi) is 5.82. The number of ether oxygens (including phenoxy) is 1. The number of furan rings is 1. The molecule has 0 unspecified atom stereocenters. The van der Waals surface area contributed by atoms with Crippen LogP contribution in [0.25, 0.3) is 17.3 Å². The van der Waals surface area contributed by atoms with Crippen molar-refractivity contribution in [2.45, 2.75) is 5.16 Å². The molecule has 0 saturated heterocycles. The monoisotopic (exact) mass is 469 g/mol. The molecule has 0 saturated carbocycles. The van der Waals surface area contributed by atoms with Crippen molar-refractivity contribution in [3.63, 3.8) is 0 Å². The van der Waals surface area contributed by atoms with E-state index in [4.69, 9.17) is 9.15 Å². The SMILES string of the molecule is COc1ccc(-n2c(SCC(=O)c3ccccc3Br)nnc2-c2ccco2)cc1. The molecule has 0 N–H and O–H groups in total. The fourth-order valence-electron chi connectivity index (χ4n) is 2.79. The molecule has 0 bridgehead atoms. The van der Waals surface area contributed by atoms with Crippen molar-refractivity contribution < 1.29 is 13.9 Å². The maximum atomic E-state index is 12.7. The standard InChI is InChI=1S/C21H16BrN3O3S/c1-27-15-10-8-14(9-11-15)25-20(19-7-4-12-28-19)23-24-21(25)29-13-18(26)16-5-2-3-6-17(16)22/h2-12H,13H2,1H3. The second-order valence-electron chi connectivity index (χ2n) is 6.01. The maximum Gasteiger partial charge on any atom is 0.205 e. The second-order valence-corrected chi connectivity index (χ2v) is 7.81. The van der Waals surface area contributed by atoms with Gasteiger partial charge in [-0.3, -0.25) is 9.36 Å². The molecule has 8 heteroatoms. The Labute approximate surface area is 180 Å². The van der Waals surface area contributed by atoms with Gasteiger partial charge < -0.3 is 9.15 Å². The van der Waals surface area contributed by atoms with E-state index in [9.17, 15) is 4.79 Å². The topological polar surface area (TPSA) is 70.2 Å². The molecule has 0 spiro atoms. The zero-order valence-electron chi connectivity index (χ0n) is 15.4. The number of benzene rings is 2. The van der Waals surface area contributed by atoms with Crippen molar-refractivity contribution >= 4 is 33.5 Å². The highest BCUT2D eigenvalue weighted by molar-refractivity contribution is 9.10. The summed E-state index contributed by atoms with van der Waals surface area (Å²) in [6.45, 7) is 0. The molecule has 146 valence electrons. The number of ketones is 1. The quantitative estimate of drug-likeness (QED) is 0.271. The number of thioether (sulfide) groups is 1. The molecule has 0 atom stereocenters. The molecule has 0 aliphatic carbocycles. The van der Waals surface area contributed by atoms with E-state index in [2.05, 4.69) is 26.1 Å². The lowest BCUT2D eigenvalue weighted by Crippen LogP contribution is -2.05. The number of carbonyl (C=O) groups is 1. The molecule has 2 aromatic heterocycles. The minimum Gasteiger partial charge on any atom is -0.497 e. The Morgan fingerprint density at radius 3 is 2.59 bits per heavy atom. The van der Waals surface area contributed by atoms with E-state index in [1.54, 1.807) is 25.5 Å². The molecule has 2 heterocycles. The molecule has 4 rings (SSSR count). The molecule has 0 aliphatic heterocycles. The number of rotatable bonds is 7. The lowest BCUT2D eigenvalue weighted by molar-refractivity contribution is 0.102.